The van der Waals surface area contributed by atoms with Gasteiger partial charge in [0.1, 0.15) is 0 Å². The van der Waals surface area contributed by atoms with E-state index < -0.39 is 10.1 Å². The minimum atomic E-state index is -4.02. The van der Waals surface area contributed by atoms with Crippen LogP contribution in [0.3, 0.4) is 0 Å². The Balaban J connectivity index is 0.000000199. The summed E-state index contributed by atoms with van der Waals surface area (Å²) >= 11 is 0. The maximum absolute atomic E-state index is 10.5. The summed E-state index contributed by atoms with van der Waals surface area (Å²) in [5.41, 5.74) is 0.956. The molecule has 0 saturated carbocycles. The van der Waals surface area contributed by atoms with E-state index in [1.165, 1.54) is 17.1 Å². The molecular formula is C11H16N2O4S. The molecule has 0 bridgehead atoms. The normalized spacial score (nSPS) is 15.3. The first kappa shape index (κ1) is 14.6. The van der Waals surface area contributed by atoms with Crippen LogP contribution in [0.15, 0.2) is 29.2 Å². The molecule has 1 amide bonds. The summed E-state index contributed by atoms with van der Waals surface area (Å²) in [4.78, 5) is 10.3. The highest BCUT2D eigenvalue weighted by atomic mass is 32.2. The summed E-state index contributed by atoms with van der Waals surface area (Å²) in [5.74, 6) is 5.23. The smallest absolute Gasteiger partial charge is 0.282 e. The fraction of sp³-hybridized carbons (Fsp3) is 0.364. The summed E-state index contributed by atoms with van der Waals surface area (Å²) < 4.78 is 29.6. The first-order valence-electron chi connectivity index (χ1n) is 5.40. The van der Waals surface area contributed by atoms with Crippen molar-refractivity contribution in [1.82, 2.24) is 5.01 Å². The lowest BCUT2D eigenvalue weighted by Gasteiger charge is -2.03. The van der Waals surface area contributed by atoms with E-state index in [1.807, 2.05) is 6.92 Å². The number of hydrogen-bond donors (Lipinski definition) is 2. The van der Waals surface area contributed by atoms with Crippen molar-refractivity contribution >= 4 is 16.0 Å². The highest BCUT2D eigenvalue weighted by Gasteiger charge is 2.15. The second-order valence-corrected chi connectivity index (χ2v) is 5.40. The van der Waals surface area contributed by atoms with Crippen molar-refractivity contribution in [2.75, 3.05) is 6.54 Å². The number of benzene rings is 1. The highest BCUT2D eigenvalue weighted by molar-refractivity contribution is 7.85. The van der Waals surface area contributed by atoms with E-state index in [9.17, 15) is 13.2 Å². The molecule has 0 spiro atoms. The number of carbonyl (C=O) groups excluding carboxylic acids is 1. The van der Waals surface area contributed by atoms with Gasteiger partial charge in [0.25, 0.3) is 10.1 Å². The van der Waals surface area contributed by atoms with Crippen molar-refractivity contribution < 1.29 is 17.8 Å². The molecule has 0 radical (unpaired) electrons. The Labute approximate surface area is 106 Å². The van der Waals surface area contributed by atoms with Crippen LogP contribution < -0.4 is 5.84 Å². The number of rotatable bonds is 1. The average molecular weight is 272 g/mol. The SMILES string of the molecule is Cc1ccc(S(=O)(=O)O)cc1.NN1CCCC1=O. The van der Waals surface area contributed by atoms with Gasteiger partial charge in [-0.2, -0.15) is 8.42 Å². The van der Waals surface area contributed by atoms with Crippen molar-refractivity contribution in [1.29, 1.82) is 0 Å². The van der Waals surface area contributed by atoms with Gasteiger partial charge in [0, 0.05) is 13.0 Å². The van der Waals surface area contributed by atoms with Crippen LogP contribution in [-0.2, 0) is 14.9 Å². The van der Waals surface area contributed by atoms with Gasteiger partial charge in [-0.1, -0.05) is 17.7 Å². The first-order valence-corrected chi connectivity index (χ1v) is 6.84. The third-order valence-electron chi connectivity index (χ3n) is 2.43. The molecule has 1 aliphatic rings. The van der Waals surface area contributed by atoms with Crippen LogP contribution in [0.1, 0.15) is 18.4 Å². The van der Waals surface area contributed by atoms with Crippen LogP contribution in [0.25, 0.3) is 0 Å². The molecule has 1 aliphatic heterocycles. The minimum Gasteiger partial charge on any atom is -0.282 e. The summed E-state index contributed by atoms with van der Waals surface area (Å²) in [5, 5.41) is 1.26. The van der Waals surface area contributed by atoms with E-state index in [1.54, 1.807) is 12.1 Å². The molecule has 7 heteroatoms. The number of carbonyl (C=O) groups is 1. The molecule has 0 aliphatic carbocycles. The van der Waals surface area contributed by atoms with Gasteiger partial charge in [0.05, 0.1) is 4.90 Å². The lowest BCUT2D eigenvalue weighted by molar-refractivity contribution is -0.127. The Bertz CT molecular complexity index is 510. The van der Waals surface area contributed by atoms with Gasteiger partial charge in [-0.25, -0.2) is 5.84 Å². The zero-order valence-electron chi connectivity index (χ0n) is 10.0. The Morgan fingerprint density at radius 3 is 2.11 bits per heavy atom. The summed E-state index contributed by atoms with van der Waals surface area (Å²) in [6, 6.07) is 5.99. The fourth-order valence-corrected chi connectivity index (χ4v) is 1.86. The quantitative estimate of drug-likeness (QED) is 0.446. The van der Waals surface area contributed by atoms with E-state index >= 15 is 0 Å². The summed E-state index contributed by atoms with van der Waals surface area (Å²) in [6.45, 7) is 2.58. The molecule has 0 unspecified atom stereocenters. The number of aryl methyl sites for hydroxylation is 1. The molecular weight excluding hydrogens is 256 g/mol. The van der Waals surface area contributed by atoms with Gasteiger partial charge in [-0.05, 0) is 25.5 Å². The maximum atomic E-state index is 10.5. The van der Waals surface area contributed by atoms with Crippen LogP contribution in [0.4, 0.5) is 0 Å². The van der Waals surface area contributed by atoms with Crippen molar-refractivity contribution in [3.8, 4) is 0 Å². The molecule has 100 valence electrons. The fourth-order valence-electron chi connectivity index (χ4n) is 1.38. The molecule has 1 saturated heterocycles. The predicted octanol–water partition coefficient (Wildman–Crippen LogP) is 0.724. The van der Waals surface area contributed by atoms with E-state index in [4.69, 9.17) is 10.4 Å². The molecule has 3 N–H and O–H groups in total. The zero-order valence-corrected chi connectivity index (χ0v) is 10.9. The van der Waals surface area contributed by atoms with Crippen LogP contribution in [0.2, 0.25) is 0 Å². The molecule has 1 aromatic rings. The van der Waals surface area contributed by atoms with E-state index in [0.29, 0.717) is 6.42 Å². The largest absolute Gasteiger partial charge is 0.294 e. The van der Waals surface area contributed by atoms with E-state index in [0.717, 1.165) is 18.5 Å². The number of hydrogen-bond acceptors (Lipinski definition) is 4. The van der Waals surface area contributed by atoms with Gasteiger partial charge >= 0.3 is 0 Å². The Kier molecular flexibility index (Phi) is 4.83. The summed E-state index contributed by atoms with van der Waals surface area (Å²) in [6.07, 6.45) is 1.56. The van der Waals surface area contributed by atoms with Crippen LogP contribution in [0, 0.1) is 6.92 Å². The van der Waals surface area contributed by atoms with Crippen LogP contribution >= 0.6 is 0 Å². The van der Waals surface area contributed by atoms with Crippen molar-refractivity contribution in [3.63, 3.8) is 0 Å². The van der Waals surface area contributed by atoms with E-state index in [2.05, 4.69) is 0 Å². The van der Waals surface area contributed by atoms with Gasteiger partial charge in [0.15, 0.2) is 0 Å². The van der Waals surface area contributed by atoms with Crippen LogP contribution in [0.5, 0.6) is 0 Å². The van der Waals surface area contributed by atoms with E-state index in [-0.39, 0.29) is 10.8 Å². The number of nitrogens with two attached hydrogens (primary N) is 1. The lowest BCUT2D eigenvalue weighted by Crippen LogP contribution is -2.31. The standard InChI is InChI=1S/C7H8O3S.C4H8N2O/c1-6-2-4-7(5-3-6)11(8,9)10;5-6-3-1-2-4(6)7/h2-5H,1H3,(H,8,9,10);1-3,5H2. The van der Waals surface area contributed by atoms with Gasteiger partial charge in [-0.3, -0.25) is 14.4 Å². The van der Waals surface area contributed by atoms with Crippen molar-refractivity contribution in [3.05, 3.63) is 29.8 Å². The number of hydrazine groups is 1. The predicted molar refractivity (Wildman–Crippen MR) is 66.1 cm³/mol. The first-order chi connectivity index (χ1) is 8.30. The van der Waals surface area contributed by atoms with Gasteiger partial charge in [-0.15, -0.1) is 0 Å². The topological polar surface area (TPSA) is 101 Å². The molecule has 1 fully saturated rings. The van der Waals surface area contributed by atoms with Crippen molar-refractivity contribution in [2.45, 2.75) is 24.7 Å². The molecule has 0 aromatic heterocycles. The monoisotopic (exact) mass is 272 g/mol. The maximum Gasteiger partial charge on any atom is 0.294 e. The Morgan fingerprint density at radius 2 is 1.83 bits per heavy atom. The van der Waals surface area contributed by atoms with Gasteiger partial charge < -0.3 is 0 Å². The number of amides is 1. The Morgan fingerprint density at radius 1 is 1.28 bits per heavy atom. The highest BCUT2D eigenvalue weighted by Crippen LogP contribution is 2.08. The van der Waals surface area contributed by atoms with Gasteiger partial charge in [0.2, 0.25) is 5.91 Å². The summed E-state index contributed by atoms with van der Waals surface area (Å²) in [7, 11) is -4.02. The molecule has 2 rings (SSSR count). The minimum absolute atomic E-state index is 0.0666. The third kappa shape index (κ3) is 4.44. The average Bonchev–Trinajstić information content (AvgIpc) is 2.63. The molecule has 1 aromatic carbocycles. The lowest BCUT2D eigenvalue weighted by atomic mass is 10.2. The number of nitrogens with zero attached hydrogens (tertiary/aromatic N) is 1. The third-order valence-corrected chi connectivity index (χ3v) is 3.30. The molecule has 6 nitrogen and oxygen atoms in total. The molecule has 0 atom stereocenters. The van der Waals surface area contributed by atoms with Crippen LogP contribution in [-0.4, -0.2) is 30.4 Å². The molecule has 1 heterocycles. The molecule has 18 heavy (non-hydrogen) atoms. The second kappa shape index (κ2) is 5.94. The Hall–Kier alpha value is -1.44. The van der Waals surface area contributed by atoms with Crippen molar-refractivity contribution in [2.24, 2.45) is 5.84 Å². The zero-order chi connectivity index (χ0) is 13.8. The second-order valence-electron chi connectivity index (χ2n) is 3.98.